The summed E-state index contributed by atoms with van der Waals surface area (Å²) in [6.45, 7) is 0.329. The second-order valence-electron chi connectivity index (χ2n) is 3.72. The van der Waals surface area contributed by atoms with Gasteiger partial charge in [0, 0.05) is 12.1 Å². The van der Waals surface area contributed by atoms with E-state index in [1.54, 1.807) is 0 Å². The van der Waals surface area contributed by atoms with E-state index in [1.807, 2.05) is 0 Å². The topological polar surface area (TPSA) is 84.2 Å². The molecule has 5 nitrogen and oxygen atoms in total. The predicted octanol–water partition coefficient (Wildman–Crippen LogP) is 0.619. The minimum atomic E-state index is -0.372. The zero-order valence-electron chi connectivity index (χ0n) is 9.91. The molecule has 0 radical (unpaired) electrons. The van der Waals surface area contributed by atoms with Crippen molar-refractivity contribution in [1.82, 2.24) is 5.32 Å². The van der Waals surface area contributed by atoms with Crippen LogP contribution in [0.4, 0.5) is 10.1 Å². The van der Waals surface area contributed by atoms with E-state index in [-0.39, 0.29) is 24.2 Å². The highest BCUT2D eigenvalue weighted by molar-refractivity contribution is 5.94. The molecule has 0 aliphatic rings. The molecule has 6 heteroatoms. The monoisotopic (exact) mass is 253 g/mol. The van der Waals surface area contributed by atoms with Crippen LogP contribution < -0.4 is 16.4 Å². The van der Waals surface area contributed by atoms with Crippen molar-refractivity contribution in [2.75, 3.05) is 18.4 Å². The van der Waals surface area contributed by atoms with Crippen LogP contribution in [0.5, 0.6) is 0 Å². The molecule has 0 heterocycles. The number of amides is 2. The van der Waals surface area contributed by atoms with E-state index in [2.05, 4.69) is 10.6 Å². The minimum absolute atomic E-state index is 0.110. The number of nitrogens with two attached hydrogens (primary N) is 1. The van der Waals surface area contributed by atoms with Crippen LogP contribution in [0, 0.1) is 5.82 Å². The number of anilines is 1. The van der Waals surface area contributed by atoms with Gasteiger partial charge in [0.05, 0.1) is 6.54 Å². The van der Waals surface area contributed by atoms with Gasteiger partial charge in [-0.1, -0.05) is 0 Å². The fourth-order valence-electron chi connectivity index (χ4n) is 1.27. The molecule has 0 aliphatic heterocycles. The van der Waals surface area contributed by atoms with Gasteiger partial charge in [0.15, 0.2) is 0 Å². The van der Waals surface area contributed by atoms with Crippen LogP contribution in [0.15, 0.2) is 24.3 Å². The first kappa shape index (κ1) is 14.1. The molecule has 0 fully saturated rings. The lowest BCUT2D eigenvalue weighted by molar-refractivity contribution is -0.124. The van der Waals surface area contributed by atoms with Crippen molar-refractivity contribution in [3.05, 3.63) is 30.1 Å². The molecule has 1 rings (SSSR count). The van der Waals surface area contributed by atoms with Crippen LogP contribution in [0.3, 0.4) is 0 Å². The first-order chi connectivity index (χ1) is 8.61. The lowest BCUT2D eigenvalue weighted by atomic mass is 10.3. The maximum absolute atomic E-state index is 12.6. The van der Waals surface area contributed by atoms with Gasteiger partial charge in [-0.05, 0) is 37.2 Å². The first-order valence-electron chi connectivity index (χ1n) is 5.64. The fraction of sp³-hybridized carbons (Fsp3) is 0.333. The molecule has 2 amide bonds. The van der Waals surface area contributed by atoms with E-state index in [0.717, 1.165) is 0 Å². The molecular formula is C12H16FN3O2. The summed E-state index contributed by atoms with van der Waals surface area (Å²) in [4.78, 5) is 22.6. The van der Waals surface area contributed by atoms with Gasteiger partial charge >= 0.3 is 0 Å². The van der Waals surface area contributed by atoms with Crippen molar-refractivity contribution in [3.63, 3.8) is 0 Å². The molecule has 0 saturated carbocycles. The van der Waals surface area contributed by atoms with Crippen molar-refractivity contribution in [2.45, 2.75) is 12.8 Å². The van der Waals surface area contributed by atoms with Crippen molar-refractivity contribution in [3.8, 4) is 0 Å². The quantitative estimate of drug-likeness (QED) is 0.694. The van der Waals surface area contributed by atoms with Crippen molar-refractivity contribution >= 4 is 17.5 Å². The summed E-state index contributed by atoms with van der Waals surface area (Å²) in [5.74, 6) is -0.944. The Morgan fingerprint density at radius 3 is 2.44 bits per heavy atom. The van der Waals surface area contributed by atoms with Gasteiger partial charge in [-0.2, -0.15) is 0 Å². The summed E-state index contributed by atoms with van der Waals surface area (Å²) < 4.78 is 12.6. The Hall–Kier alpha value is -1.95. The fourth-order valence-corrected chi connectivity index (χ4v) is 1.27. The molecular weight excluding hydrogens is 237 g/mol. The summed E-state index contributed by atoms with van der Waals surface area (Å²) in [6.07, 6.45) is 0.895. The third-order valence-electron chi connectivity index (χ3n) is 2.18. The molecule has 0 atom stereocenters. The van der Waals surface area contributed by atoms with E-state index in [0.29, 0.717) is 25.1 Å². The standard InChI is InChI=1S/C12H16FN3O2/c13-9-3-5-10(6-4-9)16-12(18)8-15-11(17)2-1-7-14/h3-6H,1-2,7-8,14H2,(H,15,17)(H,16,18). The lowest BCUT2D eigenvalue weighted by Crippen LogP contribution is -2.32. The highest BCUT2D eigenvalue weighted by atomic mass is 19.1. The highest BCUT2D eigenvalue weighted by Crippen LogP contribution is 2.07. The Balaban J connectivity index is 2.29. The molecule has 0 saturated heterocycles. The molecule has 18 heavy (non-hydrogen) atoms. The van der Waals surface area contributed by atoms with Crippen LogP contribution in [-0.4, -0.2) is 24.9 Å². The number of benzene rings is 1. The predicted molar refractivity (Wildman–Crippen MR) is 66.3 cm³/mol. The zero-order valence-corrected chi connectivity index (χ0v) is 9.91. The number of halogens is 1. The second-order valence-corrected chi connectivity index (χ2v) is 3.72. The van der Waals surface area contributed by atoms with E-state index in [1.165, 1.54) is 24.3 Å². The second kappa shape index (κ2) is 7.39. The molecule has 1 aromatic carbocycles. The van der Waals surface area contributed by atoms with Crippen molar-refractivity contribution < 1.29 is 14.0 Å². The SMILES string of the molecule is NCCCC(=O)NCC(=O)Nc1ccc(F)cc1. The van der Waals surface area contributed by atoms with Gasteiger partial charge in [0.25, 0.3) is 0 Å². The molecule has 0 aromatic heterocycles. The van der Waals surface area contributed by atoms with Gasteiger partial charge < -0.3 is 16.4 Å². The summed E-state index contributed by atoms with van der Waals surface area (Å²) in [5.41, 5.74) is 5.74. The van der Waals surface area contributed by atoms with Crippen LogP contribution in [0.25, 0.3) is 0 Å². The number of carbonyl (C=O) groups excluding carboxylic acids is 2. The van der Waals surface area contributed by atoms with Gasteiger partial charge in [-0.25, -0.2) is 4.39 Å². The summed E-state index contributed by atoms with van der Waals surface area (Å²) >= 11 is 0. The molecule has 1 aromatic rings. The molecule has 0 spiro atoms. The number of hydrogen-bond acceptors (Lipinski definition) is 3. The lowest BCUT2D eigenvalue weighted by Gasteiger charge is -2.06. The maximum atomic E-state index is 12.6. The Morgan fingerprint density at radius 2 is 1.83 bits per heavy atom. The molecule has 4 N–H and O–H groups in total. The number of rotatable bonds is 6. The average Bonchev–Trinajstić information content (AvgIpc) is 2.36. The van der Waals surface area contributed by atoms with Gasteiger partial charge in [-0.15, -0.1) is 0 Å². The highest BCUT2D eigenvalue weighted by Gasteiger charge is 2.05. The normalized spacial score (nSPS) is 9.89. The first-order valence-corrected chi connectivity index (χ1v) is 5.64. The Bertz CT molecular complexity index is 406. The van der Waals surface area contributed by atoms with Crippen LogP contribution in [0.2, 0.25) is 0 Å². The minimum Gasteiger partial charge on any atom is -0.347 e. The maximum Gasteiger partial charge on any atom is 0.243 e. The molecule has 0 unspecified atom stereocenters. The summed E-state index contributed by atoms with van der Waals surface area (Å²) in [5, 5.41) is 5.00. The third-order valence-corrected chi connectivity index (χ3v) is 2.18. The van der Waals surface area contributed by atoms with Gasteiger partial charge in [0.2, 0.25) is 11.8 Å². The summed E-state index contributed by atoms with van der Waals surface area (Å²) in [6, 6.07) is 5.39. The molecule has 0 bridgehead atoms. The number of carbonyl (C=O) groups is 2. The van der Waals surface area contributed by atoms with Crippen LogP contribution in [0.1, 0.15) is 12.8 Å². The van der Waals surface area contributed by atoms with Crippen LogP contribution >= 0.6 is 0 Å². The van der Waals surface area contributed by atoms with E-state index < -0.39 is 0 Å². The average molecular weight is 253 g/mol. The third kappa shape index (κ3) is 5.40. The summed E-state index contributed by atoms with van der Waals surface area (Å²) in [7, 11) is 0. The smallest absolute Gasteiger partial charge is 0.243 e. The van der Waals surface area contributed by atoms with E-state index >= 15 is 0 Å². The molecule has 98 valence electrons. The number of nitrogens with one attached hydrogen (secondary N) is 2. The largest absolute Gasteiger partial charge is 0.347 e. The zero-order chi connectivity index (χ0) is 13.4. The van der Waals surface area contributed by atoms with E-state index in [9.17, 15) is 14.0 Å². The van der Waals surface area contributed by atoms with E-state index in [4.69, 9.17) is 5.73 Å². The number of hydrogen-bond donors (Lipinski definition) is 3. The van der Waals surface area contributed by atoms with Gasteiger partial charge in [-0.3, -0.25) is 9.59 Å². The van der Waals surface area contributed by atoms with Crippen molar-refractivity contribution in [1.29, 1.82) is 0 Å². The molecule has 0 aliphatic carbocycles. The van der Waals surface area contributed by atoms with Crippen molar-refractivity contribution in [2.24, 2.45) is 5.73 Å². The van der Waals surface area contributed by atoms with Crippen LogP contribution in [-0.2, 0) is 9.59 Å². The Morgan fingerprint density at radius 1 is 1.17 bits per heavy atom. The van der Waals surface area contributed by atoms with Gasteiger partial charge in [0.1, 0.15) is 5.82 Å². The Labute approximate surface area is 105 Å². The Kier molecular flexibility index (Phi) is 5.79.